The lowest BCUT2D eigenvalue weighted by molar-refractivity contribution is -0.121. The van der Waals surface area contributed by atoms with E-state index < -0.39 is 0 Å². The number of amides is 1. The number of hydrogen-bond acceptors (Lipinski definition) is 3. The molecule has 0 unspecified atom stereocenters. The number of nitrogens with one attached hydrogen (secondary N) is 1. The van der Waals surface area contributed by atoms with Gasteiger partial charge in [-0.1, -0.05) is 24.3 Å². The maximum atomic E-state index is 11.7. The van der Waals surface area contributed by atoms with Crippen LogP contribution in [0.1, 0.15) is 30.5 Å². The van der Waals surface area contributed by atoms with Crippen LogP contribution >= 0.6 is 11.3 Å². The number of benzene rings is 1. The van der Waals surface area contributed by atoms with E-state index in [4.69, 9.17) is 0 Å². The van der Waals surface area contributed by atoms with Gasteiger partial charge in [0, 0.05) is 23.4 Å². The van der Waals surface area contributed by atoms with E-state index >= 15 is 0 Å². The van der Waals surface area contributed by atoms with Gasteiger partial charge in [0.2, 0.25) is 5.91 Å². The van der Waals surface area contributed by atoms with Crippen molar-refractivity contribution >= 4 is 17.2 Å². The van der Waals surface area contributed by atoms with Gasteiger partial charge >= 0.3 is 0 Å². The first-order chi connectivity index (χ1) is 9.72. The molecule has 0 aliphatic heterocycles. The Kier molecular flexibility index (Phi) is 3.83. The summed E-state index contributed by atoms with van der Waals surface area (Å²) in [6.45, 7) is 2.10. The minimum Gasteiger partial charge on any atom is -0.353 e. The number of carbonyl (C=O) groups is 1. The molecule has 1 aromatic carbocycles. The fourth-order valence-corrected chi connectivity index (χ4v) is 3.07. The molecule has 1 saturated carbocycles. The second kappa shape index (κ2) is 5.75. The molecular formula is C16H18N2OS. The van der Waals surface area contributed by atoms with Gasteiger partial charge in [-0.2, -0.15) is 0 Å². The highest BCUT2D eigenvalue weighted by Gasteiger charge is 2.22. The highest BCUT2D eigenvalue weighted by molar-refractivity contribution is 7.13. The maximum absolute atomic E-state index is 11.7. The highest BCUT2D eigenvalue weighted by Crippen LogP contribution is 2.27. The molecule has 3 rings (SSSR count). The van der Waals surface area contributed by atoms with E-state index in [1.165, 1.54) is 11.1 Å². The molecule has 1 aliphatic rings. The van der Waals surface area contributed by atoms with Crippen LogP contribution in [0.2, 0.25) is 0 Å². The summed E-state index contributed by atoms with van der Waals surface area (Å²) in [5.74, 6) is 0.151. The third-order valence-corrected chi connectivity index (χ3v) is 4.40. The lowest BCUT2D eigenvalue weighted by atomic mass is 10.1. The van der Waals surface area contributed by atoms with E-state index in [0.717, 1.165) is 30.0 Å². The van der Waals surface area contributed by atoms with Crippen LogP contribution < -0.4 is 5.32 Å². The van der Waals surface area contributed by atoms with Gasteiger partial charge in [-0.15, -0.1) is 11.3 Å². The molecule has 0 atom stereocenters. The lowest BCUT2D eigenvalue weighted by Gasteiger charge is -2.02. The van der Waals surface area contributed by atoms with E-state index in [2.05, 4.69) is 34.7 Å². The minimum absolute atomic E-state index is 0.151. The molecule has 1 N–H and O–H groups in total. The topological polar surface area (TPSA) is 42.0 Å². The van der Waals surface area contributed by atoms with Crippen molar-refractivity contribution in [2.45, 2.75) is 38.6 Å². The van der Waals surface area contributed by atoms with Gasteiger partial charge in [0.15, 0.2) is 0 Å². The summed E-state index contributed by atoms with van der Waals surface area (Å²) in [5.41, 5.74) is 3.44. The van der Waals surface area contributed by atoms with Crippen LogP contribution in [0.4, 0.5) is 0 Å². The van der Waals surface area contributed by atoms with Crippen molar-refractivity contribution in [3.05, 3.63) is 40.9 Å². The van der Waals surface area contributed by atoms with E-state index in [1.54, 1.807) is 11.3 Å². The first kappa shape index (κ1) is 13.3. The smallest absolute Gasteiger partial charge is 0.220 e. The third kappa shape index (κ3) is 3.25. The monoisotopic (exact) mass is 286 g/mol. The molecule has 20 heavy (non-hydrogen) atoms. The number of aryl methyl sites for hydroxylation is 2. The summed E-state index contributed by atoms with van der Waals surface area (Å²) in [7, 11) is 0. The normalized spacial score (nSPS) is 14.2. The van der Waals surface area contributed by atoms with Gasteiger partial charge in [-0.05, 0) is 31.7 Å². The van der Waals surface area contributed by atoms with Gasteiger partial charge in [-0.25, -0.2) is 4.98 Å². The van der Waals surface area contributed by atoms with Crippen LogP contribution in [-0.2, 0) is 11.2 Å². The summed E-state index contributed by atoms with van der Waals surface area (Å²) in [6, 6.07) is 8.71. The summed E-state index contributed by atoms with van der Waals surface area (Å²) in [5, 5.41) is 6.11. The molecule has 104 valence electrons. The van der Waals surface area contributed by atoms with Gasteiger partial charge in [0.05, 0.1) is 5.69 Å². The molecule has 0 bridgehead atoms. The van der Waals surface area contributed by atoms with Crippen molar-refractivity contribution in [3.63, 3.8) is 0 Å². The van der Waals surface area contributed by atoms with Crippen molar-refractivity contribution in [1.82, 2.24) is 10.3 Å². The average Bonchev–Trinajstić information content (AvgIpc) is 3.12. The molecule has 3 nitrogen and oxygen atoms in total. The Hall–Kier alpha value is -1.68. The van der Waals surface area contributed by atoms with Gasteiger partial charge in [0.1, 0.15) is 5.01 Å². The number of nitrogens with zero attached hydrogens (tertiary/aromatic N) is 1. The zero-order chi connectivity index (χ0) is 13.9. The number of thiazole rings is 1. The summed E-state index contributed by atoms with van der Waals surface area (Å²) < 4.78 is 0. The quantitative estimate of drug-likeness (QED) is 0.916. The molecule has 1 aliphatic carbocycles. The third-order valence-electron chi connectivity index (χ3n) is 3.48. The average molecular weight is 286 g/mol. The molecule has 2 aromatic rings. The van der Waals surface area contributed by atoms with Crippen LogP contribution in [0.15, 0.2) is 29.6 Å². The first-order valence-corrected chi connectivity index (χ1v) is 7.90. The van der Waals surface area contributed by atoms with Crippen LogP contribution in [-0.4, -0.2) is 16.9 Å². The summed E-state index contributed by atoms with van der Waals surface area (Å²) in [4.78, 5) is 16.3. The van der Waals surface area contributed by atoms with Crippen LogP contribution in [0, 0.1) is 6.92 Å². The van der Waals surface area contributed by atoms with Crippen molar-refractivity contribution in [2.75, 3.05) is 0 Å². The predicted octanol–water partition coefficient (Wildman–Crippen LogP) is 3.33. The highest BCUT2D eigenvalue weighted by atomic mass is 32.1. The van der Waals surface area contributed by atoms with E-state index in [0.29, 0.717) is 12.5 Å². The molecule has 4 heteroatoms. The van der Waals surface area contributed by atoms with Crippen LogP contribution in [0.5, 0.6) is 0 Å². The molecule has 1 heterocycles. The minimum atomic E-state index is 0.151. The molecule has 0 spiro atoms. The predicted molar refractivity (Wildman–Crippen MR) is 81.8 cm³/mol. The Labute approximate surface area is 123 Å². The Bertz CT molecular complexity index is 616. The lowest BCUT2D eigenvalue weighted by Crippen LogP contribution is -2.25. The van der Waals surface area contributed by atoms with Crippen molar-refractivity contribution in [2.24, 2.45) is 0 Å². The van der Waals surface area contributed by atoms with Crippen LogP contribution in [0.25, 0.3) is 10.6 Å². The van der Waals surface area contributed by atoms with Crippen molar-refractivity contribution in [3.8, 4) is 10.6 Å². The summed E-state index contributed by atoms with van der Waals surface area (Å²) in [6.07, 6.45) is 3.54. The first-order valence-electron chi connectivity index (χ1n) is 7.02. The number of carbonyl (C=O) groups excluding carboxylic acids is 1. The largest absolute Gasteiger partial charge is 0.353 e. The molecular weight excluding hydrogens is 268 g/mol. The zero-order valence-electron chi connectivity index (χ0n) is 11.6. The SMILES string of the molecule is Cc1ccccc1-c1nc(CCC(=O)NC2CC2)cs1. The second-order valence-electron chi connectivity index (χ2n) is 5.30. The van der Waals surface area contributed by atoms with Crippen LogP contribution in [0.3, 0.4) is 0 Å². The van der Waals surface area contributed by atoms with Gasteiger partial charge in [0.25, 0.3) is 0 Å². The van der Waals surface area contributed by atoms with Gasteiger partial charge < -0.3 is 5.32 Å². The number of hydrogen-bond donors (Lipinski definition) is 1. The zero-order valence-corrected chi connectivity index (χ0v) is 12.4. The fraction of sp³-hybridized carbons (Fsp3) is 0.375. The Morgan fingerprint density at radius 2 is 2.20 bits per heavy atom. The standard InChI is InChI=1S/C16H18N2OS/c1-11-4-2-3-5-14(11)16-18-13(10-20-16)8-9-15(19)17-12-6-7-12/h2-5,10,12H,6-9H2,1H3,(H,17,19). The van der Waals surface area contributed by atoms with Crippen molar-refractivity contribution < 1.29 is 4.79 Å². The maximum Gasteiger partial charge on any atom is 0.220 e. The van der Waals surface area contributed by atoms with Crippen molar-refractivity contribution in [1.29, 1.82) is 0 Å². The number of aromatic nitrogens is 1. The molecule has 0 radical (unpaired) electrons. The van der Waals surface area contributed by atoms with E-state index in [-0.39, 0.29) is 5.91 Å². The summed E-state index contributed by atoms with van der Waals surface area (Å²) >= 11 is 1.65. The second-order valence-corrected chi connectivity index (χ2v) is 6.16. The number of rotatable bonds is 5. The van der Waals surface area contributed by atoms with E-state index in [1.807, 2.05) is 12.1 Å². The molecule has 1 aromatic heterocycles. The van der Waals surface area contributed by atoms with E-state index in [9.17, 15) is 4.79 Å². The molecule has 1 amide bonds. The molecule has 0 saturated heterocycles. The Balaban J connectivity index is 1.61. The Morgan fingerprint density at radius 3 is 2.95 bits per heavy atom. The fourth-order valence-electron chi connectivity index (χ4n) is 2.13. The molecule has 1 fully saturated rings. The Morgan fingerprint density at radius 1 is 1.40 bits per heavy atom. The van der Waals surface area contributed by atoms with Gasteiger partial charge in [-0.3, -0.25) is 4.79 Å².